The van der Waals surface area contributed by atoms with Crippen LogP contribution in [0.3, 0.4) is 0 Å². The molecule has 8 nitrogen and oxygen atoms in total. The molecule has 0 aromatic carbocycles. The van der Waals surface area contributed by atoms with Crippen LogP contribution in [0.4, 0.5) is 10.2 Å². The summed E-state index contributed by atoms with van der Waals surface area (Å²) in [6, 6.07) is 1.59. The van der Waals surface area contributed by atoms with Crippen molar-refractivity contribution in [1.82, 2.24) is 29.9 Å². The number of nitrogens with zero attached hydrogens (tertiary/aromatic N) is 5. The quantitative estimate of drug-likeness (QED) is 0.698. The molecule has 0 amide bonds. The molecule has 146 valence electrons. The summed E-state index contributed by atoms with van der Waals surface area (Å²) in [7, 11) is 1.65. The summed E-state index contributed by atoms with van der Waals surface area (Å²) in [6.07, 6.45) is 6.84. The molecule has 0 bridgehead atoms. The second-order valence-corrected chi connectivity index (χ2v) is 7.33. The van der Waals surface area contributed by atoms with Gasteiger partial charge in [-0.15, -0.1) is 0 Å². The fourth-order valence-electron chi connectivity index (χ4n) is 3.61. The standard InChI is InChI=1S/C19H22FN7O/c1-28-16-6-18-23-9-15(27(18)26-19(16)11-2-3-11)14-8-22-10-17(25-14)24-13-7-21-5-4-12(13)20/h6,8-13,21H,2-5,7H2,1H3,(H,24,25)/t12?,13-/m0/s1. The van der Waals surface area contributed by atoms with Crippen LogP contribution in [-0.4, -0.2) is 57.0 Å². The van der Waals surface area contributed by atoms with Crippen LogP contribution >= 0.6 is 0 Å². The number of imidazole rings is 1. The summed E-state index contributed by atoms with van der Waals surface area (Å²) in [5, 5.41) is 11.1. The molecule has 9 heteroatoms. The van der Waals surface area contributed by atoms with Crippen LogP contribution < -0.4 is 15.4 Å². The number of ether oxygens (including phenoxy) is 1. The Kier molecular flexibility index (Phi) is 4.31. The Morgan fingerprint density at radius 3 is 2.93 bits per heavy atom. The van der Waals surface area contributed by atoms with Crippen LogP contribution in [0.25, 0.3) is 17.0 Å². The fourth-order valence-corrected chi connectivity index (χ4v) is 3.61. The highest BCUT2D eigenvalue weighted by Gasteiger charge is 2.30. The summed E-state index contributed by atoms with van der Waals surface area (Å²) in [5.74, 6) is 1.75. The van der Waals surface area contributed by atoms with E-state index in [4.69, 9.17) is 9.84 Å². The number of alkyl halides is 1. The predicted molar refractivity (Wildman–Crippen MR) is 102 cm³/mol. The number of nitrogens with one attached hydrogen (secondary N) is 2. The van der Waals surface area contributed by atoms with Crippen molar-refractivity contribution in [2.45, 2.75) is 37.4 Å². The molecule has 1 saturated heterocycles. The molecule has 0 spiro atoms. The second kappa shape index (κ2) is 6.97. The van der Waals surface area contributed by atoms with Gasteiger partial charge in [0.05, 0.1) is 31.7 Å². The van der Waals surface area contributed by atoms with E-state index in [0.29, 0.717) is 42.6 Å². The van der Waals surface area contributed by atoms with Crippen molar-refractivity contribution in [2.24, 2.45) is 0 Å². The summed E-state index contributed by atoms with van der Waals surface area (Å²) in [6.45, 7) is 1.26. The van der Waals surface area contributed by atoms with Crippen LogP contribution in [0.1, 0.15) is 30.9 Å². The number of aromatic nitrogens is 5. The summed E-state index contributed by atoms with van der Waals surface area (Å²) < 4.78 is 21.4. The molecule has 1 aliphatic heterocycles. The molecule has 5 rings (SSSR count). The van der Waals surface area contributed by atoms with E-state index in [1.807, 2.05) is 6.07 Å². The van der Waals surface area contributed by atoms with Gasteiger partial charge in [-0.25, -0.2) is 18.9 Å². The highest BCUT2D eigenvalue weighted by Crippen LogP contribution is 2.43. The molecule has 1 unspecified atom stereocenters. The van der Waals surface area contributed by atoms with E-state index in [9.17, 15) is 4.39 Å². The Bertz CT molecular complexity index is 1000. The van der Waals surface area contributed by atoms with Crippen LogP contribution in [0, 0.1) is 0 Å². The number of anilines is 1. The number of hydrogen-bond acceptors (Lipinski definition) is 7. The van der Waals surface area contributed by atoms with Gasteiger partial charge in [0.25, 0.3) is 0 Å². The first-order valence-corrected chi connectivity index (χ1v) is 9.59. The minimum absolute atomic E-state index is 0.315. The van der Waals surface area contributed by atoms with Gasteiger partial charge in [-0.2, -0.15) is 5.10 Å². The Morgan fingerprint density at radius 1 is 1.25 bits per heavy atom. The molecule has 1 aliphatic carbocycles. The highest BCUT2D eigenvalue weighted by molar-refractivity contribution is 5.61. The van der Waals surface area contributed by atoms with Crippen molar-refractivity contribution < 1.29 is 9.13 Å². The lowest BCUT2D eigenvalue weighted by molar-refractivity contribution is 0.241. The van der Waals surface area contributed by atoms with Gasteiger partial charge in [-0.3, -0.25) is 4.98 Å². The van der Waals surface area contributed by atoms with E-state index in [-0.39, 0.29) is 6.04 Å². The lowest BCUT2D eigenvalue weighted by Gasteiger charge is -2.27. The topological polar surface area (TPSA) is 89.3 Å². The number of rotatable bonds is 5. The van der Waals surface area contributed by atoms with Crippen molar-refractivity contribution in [2.75, 3.05) is 25.5 Å². The van der Waals surface area contributed by atoms with E-state index in [1.165, 1.54) is 0 Å². The smallest absolute Gasteiger partial charge is 0.157 e. The molecule has 0 radical (unpaired) electrons. The maximum atomic E-state index is 14.1. The van der Waals surface area contributed by atoms with Crippen LogP contribution in [-0.2, 0) is 0 Å². The van der Waals surface area contributed by atoms with E-state index < -0.39 is 6.17 Å². The molecule has 4 heterocycles. The third-order valence-corrected chi connectivity index (χ3v) is 5.30. The SMILES string of the molecule is COc1cc2ncc(-c3cncc(N[C@H]4CNCCC4F)n3)n2nc1C1CC1. The molecular formula is C19H22FN7O. The molecule has 2 fully saturated rings. The minimum Gasteiger partial charge on any atom is -0.495 e. The van der Waals surface area contributed by atoms with E-state index in [1.54, 1.807) is 30.2 Å². The van der Waals surface area contributed by atoms with Gasteiger partial charge in [0.2, 0.25) is 0 Å². The number of piperidine rings is 1. The first-order chi connectivity index (χ1) is 13.7. The zero-order valence-corrected chi connectivity index (χ0v) is 15.6. The van der Waals surface area contributed by atoms with Crippen molar-refractivity contribution in [3.8, 4) is 17.1 Å². The van der Waals surface area contributed by atoms with Gasteiger partial charge in [-0.1, -0.05) is 0 Å². The predicted octanol–water partition coefficient (Wildman–Crippen LogP) is 2.18. The van der Waals surface area contributed by atoms with Crippen LogP contribution in [0.15, 0.2) is 24.7 Å². The summed E-state index contributed by atoms with van der Waals surface area (Å²) >= 11 is 0. The van der Waals surface area contributed by atoms with E-state index >= 15 is 0 Å². The maximum Gasteiger partial charge on any atom is 0.157 e. The van der Waals surface area contributed by atoms with Gasteiger partial charge in [-0.05, 0) is 25.8 Å². The molecule has 3 aromatic rings. The first kappa shape index (κ1) is 17.3. The van der Waals surface area contributed by atoms with Gasteiger partial charge in [0.15, 0.2) is 5.65 Å². The Balaban J connectivity index is 1.49. The zero-order chi connectivity index (χ0) is 19.1. The van der Waals surface area contributed by atoms with Crippen molar-refractivity contribution in [1.29, 1.82) is 0 Å². The van der Waals surface area contributed by atoms with Crippen molar-refractivity contribution in [3.63, 3.8) is 0 Å². The van der Waals surface area contributed by atoms with E-state index in [2.05, 4.69) is 25.6 Å². The average Bonchev–Trinajstić information content (AvgIpc) is 3.48. The van der Waals surface area contributed by atoms with Gasteiger partial charge >= 0.3 is 0 Å². The highest BCUT2D eigenvalue weighted by atomic mass is 19.1. The molecule has 2 N–H and O–H groups in total. The second-order valence-electron chi connectivity index (χ2n) is 7.33. The first-order valence-electron chi connectivity index (χ1n) is 9.59. The fraction of sp³-hybridized carbons (Fsp3) is 0.474. The number of hydrogen-bond donors (Lipinski definition) is 2. The van der Waals surface area contributed by atoms with Crippen molar-refractivity contribution in [3.05, 3.63) is 30.4 Å². The third-order valence-electron chi connectivity index (χ3n) is 5.30. The molecule has 2 atom stereocenters. The molecule has 3 aromatic heterocycles. The zero-order valence-electron chi connectivity index (χ0n) is 15.6. The third kappa shape index (κ3) is 3.15. The monoisotopic (exact) mass is 383 g/mol. The largest absolute Gasteiger partial charge is 0.495 e. The Hall–Kier alpha value is -2.81. The maximum absolute atomic E-state index is 14.1. The Labute approximate surface area is 161 Å². The van der Waals surface area contributed by atoms with Gasteiger partial charge in [0.1, 0.15) is 34.8 Å². The summed E-state index contributed by atoms with van der Waals surface area (Å²) in [4.78, 5) is 13.4. The minimum atomic E-state index is -0.905. The van der Waals surface area contributed by atoms with Gasteiger partial charge in [0, 0.05) is 18.5 Å². The molecule has 2 aliphatic rings. The lowest BCUT2D eigenvalue weighted by atomic mass is 10.1. The molecule has 28 heavy (non-hydrogen) atoms. The van der Waals surface area contributed by atoms with Gasteiger partial charge < -0.3 is 15.4 Å². The van der Waals surface area contributed by atoms with Crippen molar-refractivity contribution >= 4 is 11.5 Å². The molecular weight excluding hydrogens is 361 g/mol. The number of halogens is 1. The lowest BCUT2D eigenvalue weighted by Crippen LogP contribution is -2.46. The normalized spacial score (nSPS) is 22.4. The Morgan fingerprint density at radius 2 is 2.14 bits per heavy atom. The summed E-state index contributed by atoms with van der Waals surface area (Å²) in [5.41, 5.74) is 3.02. The van der Waals surface area contributed by atoms with Crippen LogP contribution in [0.5, 0.6) is 5.75 Å². The number of fused-ring (bicyclic) bond motifs is 1. The number of methoxy groups -OCH3 is 1. The molecule has 1 saturated carbocycles. The average molecular weight is 383 g/mol. The van der Waals surface area contributed by atoms with E-state index in [0.717, 1.165) is 30.0 Å². The van der Waals surface area contributed by atoms with Crippen LogP contribution in [0.2, 0.25) is 0 Å².